The molecule has 0 amide bonds. The summed E-state index contributed by atoms with van der Waals surface area (Å²) in [6.07, 6.45) is 1.84. The van der Waals surface area contributed by atoms with E-state index < -0.39 is 0 Å². The fraction of sp³-hybridized carbons (Fsp3) is 0. The number of rotatable bonds is 5. The molecular formula is C43H27N3O. The third-order valence-electron chi connectivity index (χ3n) is 8.72. The number of hydrogen-bond acceptors (Lipinski definition) is 4. The van der Waals surface area contributed by atoms with Crippen molar-refractivity contribution in [2.24, 2.45) is 0 Å². The zero-order chi connectivity index (χ0) is 31.2. The van der Waals surface area contributed by atoms with Gasteiger partial charge in [-0.3, -0.25) is 4.98 Å². The number of aromatic nitrogens is 3. The molecule has 0 N–H and O–H groups in total. The second kappa shape index (κ2) is 11.2. The van der Waals surface area contributed by atoms with Crippen LogP contribution in [-0.2, 0) is 0 Å². The van der Waals surface area contributed by atoms with Crippen LogP contribution in [0.2, 0.25) is 0 Å². The van der Waals surface area contributed by atoms with E-state index in [2.05, 4.69) is 108 Å². The molecule has 6 aromatic carbocycles. The quantitative estimate of drug-likeness (QED) is 0.197. The molecule has 0 saturated heterocycles. The highest BCUT2D eigenvalue weighted by Gasteiger charge is 2.16. The maximum absolute atomic E-state index is 6.13. The Morgan fingerprint density at radius 3 is 1.91 bits per heavy atom. The van der Waals surface area contributed by atoms with Gasteiger partial charge in [0.25, 0.3) is 0 Å². The molecule has 0 unspecified atom stereocenters. The van der Waals surface area contributed by atoms with Crippen LogP contribution in [0.1, 0.15) is 0 Å². The zero-order valence-electron chi connectivity index (χ0n) is 25.3. The molecule has 0 bridgehead atoms. The molecule has 0 atom stereocenters. The minimum atomic E-state index is 0.677. The lowest BCUT2D eigenvalue weighted by Gasteiger charge is -2.14. The molecule has 0 saturated carbocycles. The Morgan fingerprint density at radius 1 is 0.383 bits per heavy atom. The summed E-state index contributed by atoms with van der Waals surface area (Å²) >= 11 is 0. The molecule has 9 rings (SSSR count). The summed E-state index contributed by atoms with van der Waals surface area (Å²) in [6.45, 7) is 0. The van der Waals surface area contributed by atoms with Gasteiger partial charge in [-0.25, -0.2) is 9.97 Å². The number of fused-ring (bicyclic) bond motifs is 4. The van der Waals surface area contributed by atoms with Gasteiger partial charge in [-0.05, 0) is 82.9 Å². The minimum Gasteiger partial charge on any atom is -0.456 e. The van der Waals surface area contributed by atoms with Crippen molar-refractivity contribution in [2.45, 2.75) is 0 Å². The number of furan rings is 1. The van der Waals surface area contributed by atoms with Gasteiger partial charge < -0.3 is 4.42 Å². The van der Waals surface area contributed by atoms with E-state index in [0.717, 1.165) is 83.2 Å². The van der Waals surface area contributed by atoms with Crippen molar-refractivity contribution >= 4 is 32.8 Å². The second-order valence-electron chi connectivity index (χ2n) is 11.7. The van der Waals surface area contributed by atoms with Crippen LogP contribution in [-0.4, -0.2) is 15.0 Å². The minimum absolute atomic E-state index is 0.677. The molecule has 4 nitrogen and oxygen atoms in total. The summed E-state index contributed by atoms with van der Waals surface area (Å²) in [6, 6.07) is 54.4. The van der Waals surface area contributed by atoms with E-state index in [0.29, 0.717) is 5.82 Å². The average molecular weight is 602 g/mol. The van der Waals surface area contributed by atoms with E-state index in [4.69, 9.17) is 14.4 Å². The molecule has 4 heteroatoms. The van der Waals surface area contributed by atoms with E-state index in [1.165, 1.54) is 0 Å². The molecule has 3 heterocycles. The monoisotopic (exact) mass is 601 g/mol. The van der Waals surface area contributed by atoms with Gasteiger partial charge in [0.2, 0.25) is 0 Å². The van der Waals surface area contributed by atoms with E-state index >= 15 is 0 Å². The van der Waals surface area contributed by atoms with Gasteiger partial charge in [0.05, 0.1) is 16.9 Å². The molecule has 3 aromatic heterocycles. The van der Waals surface area contributed by atoms with Crippen LogP contribution in [0, 0.1) is 0 Å². The molecule has 0 aliphatic carbocycles. The Balaban J connectivity index is 1.28. The van der Waals surface area contributed by atoms with Gasteiger partial charge in [0.15, 0.2) is 5.82 Å². The van der Waals surface area contributed by atoms with Gasteiger partial charge >= 0.3 is 0 Å². The lowest BCUT2D eigenvalue weighted by molar-refractivity contribution is 0.669. The Hall–Kier alpha value is -6.39. The molecule has 0 aliphatic heterocycles. The Morgan fingerprint density at radius 2 is 1.06 bits per heavy atom. The lowest BCUT2D eigenvalue weighted by atomic mass is 9.93. The largest absolute Gasteiger partial charge is 0.456 e. The van der Waals surface area contributed by atoms with E-state index in [1.54, 1.807) is 0 Å². The molecule has 0 aliphatic rings. The van der Waals surface area contributed by atoms with Crippen LogP contribution in [0.15, 0.2) is 168 Å². The topological polar surface area (TPSA) is 51.8 Å². The normalized spacial score (nSPS) is 11.4. The van der Waals surface area contributed by atoms with Crippen LogP contribution in [0.5, 0.6) is 0 Å². The van der Waals surface area contributed by atoms with Crippen molar-refractivity contribution in [3.05, 3.63) is 164 Å². The van der Waals surface area contributed by atoms with Gasteiger partial charge in [0.1, 0.15) is 11.2 Å². The fourth-order valence-corrected chi connectivity index (χ4v) is 6.43. The standard InChI is InChI=1S/C43H27N3O/c1-3-11-28(12-4-1)31-23-32(34-16-9-18-38-35(34)17-10-22-44-38)25-33(24-31)40-27-39(45-43(46-40)29-13-5-2-6-14-29)30-20-21-42-37(26-30)36-15-7-8-19-41(36)47-42/h1-27H. The van der Waals surface area contributed by atoms with Crippen molar-refractivity contribution < 1.29 is 4.42 Å². The molecule has 9 aromatic rings. The Bertz CT molecular complexity index is 2570. The Labute approximate surface area is 271 Å². The van der Waals surface area contributed by atoms with Crippen LogP contribution in [0.3, 0.4) is 0 Å². The highest BCUT2D eigenvalue weighted by atomic mass is 16.3. The molecule has 0 fully saturated rings. The predicted molar refractivity (Wildman–Crippen MR) is 192 cm³/mol. The van der Waals surface area contributed by atoms with E-state index in [9.17, 15) is 0 Å². The first kappa shape index (κ1) is 27.0. The number of para-hydroxylation sites is 1. The van der Waals surface area contributed by atoms with Crippen molar-refractivity contribution in [1.82, 2.24) is 15.0 Å². The lowest BCUT2D eigenvalue weighted by Crippen LogP contribution is -1.96. The highest BCUT2D eigenvalue weighted by molar-refractivity contribution is 6.06. The molecule has 0 spiro atoms. The van der Waals surface area contributed by atoms with Crippen LogP contribution >= 0.6 is 0 Å². The Kier molecular flexibility index (Phi) is 6.43. The summed E-state index contributed by atoms with van der Waals surface area (Å²) in [4.78, 5) is 14.9. The van der Waals surface area contributed by atoms with Crippen LogP contribution in [0.25, 0.3) is 89.0 Å². The van der Waals surface area contributed by atoms with Gasteiger partial charge in [-0.1, -0.05) is 97.1 Å². The zero-order valence-corrected chi connectivity index (χ0v) is 25.3. The highest BCUT2D eigenvalue weighted by Crippen LogP contribution is 2.38. The van der Waals surface area contributed by atoms with Gasteiger partial charge in [-0.15, -0.1) is 0 Å². The third kappa shape index (κ3) is 4.93. The van der Waals surface area contributed by atoms with Gasteiger partial charge in [0, 0.05) is 39.0 Å². The fourth-order valence-electron chi connectivity index (χ4n) is 6.43. The van der Waals surface area contributed by atoms with Crippen LogP contribution in [0.4, 0.5) is 0 Å². The van der Waals surface area contributed by atoms with Crippen molar-refractivity contribution in [3.63, 3.8) is 0 Å². The van der Waals surface area contributed by atoms with E-state index in [1.807, 2.05) is 60.8 Å². The summed E-state index contributed by atoms with van der Waals surface area (Å²) < 4.78 is 6.13. The number of nitrogens with zero attached hydrogens (tertiary/aromatic N) is 3. The molecule has 220 valence electrons. The summed E-state index contributed by atoms with van der Waals surface area (Å²) in [5.41, 5.74) is 11.9. The number of benzene rings is 6. The first-order valence-corrected chi connectivity index (χ1v) is 15.7. The van der Waals surface area contributed by atoms with E-state index in [-0.39, 0.29) is 0 Å². The maximum atomic E-state index is 6.13. The first-order valence-electron chi connectivity index (χ1n) is 15.7. The summed E-state index contributed by atoms with van der Waals surface area (Å²) in [5.74, 6) is 0.677. The number of hydrogen-bond donors (Lipinski definition) is 0. The van der Waals surface area contributed by atoms with Crippen LogP contribution < -0.4 is 0 Å². The summed E-state index contributed by atoms with van der Waals surface area (Å²) in [7, 11) is 0. The van der Waals surface area contributed by atoms with Crippen molar-refractivity contribution in [2.75, 3.05) is 0 Å². The predicted octanol–water partition coefficient (Wildman–Crippen LogP) is 11.3. The third-order valence-corrected chi connectivity index (χ3v) is 8.72. The van der Waals surface area contributed by atoms with Crippen molar-refractivity contribution in [1.29, 1.82) is 0 Å². The molecule has 47 heavy (non-hydrogen) atoms. The first-order chi connectivity index (χ1) is 23.3. The molecular weight excluding hydrogens is 574 g/mol. The second-order valence-corrected chi connectivity index (χ2v) is 11.7. The molecule has 0 radical (unpaired) electrons. The number of pyridine rings is 1. The van der Waals surface area contributed by atoms with Gasteiger partial charge in [-0.2, -0.15) is 0 Å². The smallest absolute Gasteiger partial charge is 0.160 e. The average Bonchev–Trinajstić information content (AvgIpc) is 3.53. The summed E-state index contributed by atoms with van der Waals surface area (Å²) in [5, 5.41) is 3.27. The van der Waals surface area contributed by atoms with Crippen molar-refractivity contribution in [3.8, 4) is 56.2 Å². The SMILES string of the molecule is c1ccc(-c2cc(-c3cc(-c4ccc5oc6ccccc6c5c4)nc(-c4ccccc4)n3)cc(-c3cccc4ncccc34)c2)cc1. The maximum Gasteiger partial charge on any atom is 0.160 e.